The van der Waals surface area contributed by atoms with Gasteiger partial charge in [-0.2, -0.15) is 0 Å². The summed E-state index contributed by atoms with van der Waals surface area (Å²) in [5.41, 5.74) is 0. The summed E-state index contributed by atoms with van der Waals surface area (Å²) in [5.74, 6) is -1.21. The number of carbonyl (C=O) groups excluding carboxylic acids is 2. The topological polar surface area (TPSA) is 175 Å². The van der Waals surface area contributed by atoms with Crippen molar-refractivity contribution in [2.24, 2.45) is 0 Å². The number of nitrogens with one attached hydrogen (secondary N) is 1. The Hall–Kier alpha value is -3.68. The van der Waals surface area contributed by atoms with Crippen LogP contribution in [0.25, 0.3) is 0 Å². The number of rotatable bonds is 64. The molecule has 11 heteroatoms. The van der Waals surface area contributed by atoms with Crippen molar-refractivity contribution in [2.45, 2.75) is 372 Å². The van der Waals surface area contributed by atoms with E-state index in [2.05, 4.69) is 123 Å². The fourth-order valence-corrected chi connectivity index (χ4v) is 11.3. The molecule has 1 rings (SSSR count). The number of unbranched alkanes of at least 4 members (excludes halogenated alkanes) is 34. The van der Waals surface area contributed by atoms with Crippen LogP contribution in [0.1, 0.15) is 323 Å². The van der Waals surface area contributed by atoms with E-state index in [0.717, 1.165) is 122 Å². The van der Waals surface area contributed by atoms with Crippen molar-refractivity contribution >= 4 is 11.9 Å². The molecule has 1 amide bonds. The molecule has 0 aromatic heterocycles. The molecule has 6 N–H and O–H groups in total. The Morgan fingerprint density at radius 1 is 0.440 bits per heavy atom. The lowest BCUT2D eigenvalue weighted by atomic mass is 9.99. The molecule has 524 valence electrons. The van der Waals surface area contributed by atoms with Gasteiger partial charge in [-0.15, -0.1) is 0 Å². The van der Waals surface area contributed by atoms with E-state index in [9.17, 15) is 35.1 Å². The zero-order chi connectivity index (χ0) is 66.0. The standard InChI is InChI=1S/C80H139NO10/c1-4-7-10-13-16-19-22-25-27-29-31-33-35-37-39-41-43-45-47-50-53-56-59-62-65-68-75(85)91-78-77(87)76(86)74(69-82)90-80(78)89-70-71(72(83)66-63-60-57-54-51-48-24-21-18-15-12-9-6-3)81-79(88)73(84)67-64-61-58-55-52-49-46-44-42-40-38-36-34-32-30-28-26-23-20-17-14-11-8-5-2/h7,10,16-17,19-20,25-28,31,33,37,39,43,45,63,66,71-74,76-78,80,82-84,86-87H,4-6,8-9,11-15,18,21-24,29-30,32,34-36,38,40-42,44,46-62,64-65,67-70H2,1-3H3,(H,81,88)/b10-7-,19-16-,20-17-,27-25-,28-26-,33-31-,39-37-,45-43-,66-63+. The van der Waals surface area contributed by atoms with Crippen LogP contribution in [0.3, 0.4) is 0 Å². The quantitative estimate of drug-likeness (QED) is 0.0195. The fourth-order valence-electron chi connectivity index (χ4n) is 11.3. The van der Waals surface area contributed by atoms with Gasteiger partial charge in [0.25, 0.3) is 0 Å². The van der Waals surface area contributed by atoms with E-state index in [0.29, 0.717) is 12.8 Å². The molecule has 8 atom stereocenters. The summed E-state index contributed by atoms with van der Waals surface area (Å²) in [7, 11) is 0. The van der Waals surface area contributed by atoms with Crippen LogP contribution in [0.4, 0.5) is 0 Å². The third-order valence-electron chi connectivity index (χ3n) is 17.2. The number of carbonyl (C=O) groups is 2. The minimum Gasteiger partial charge on any atom is -0.454 e. The molecule has 0 radical (unpaired) electrons. The molecular formula is C80H139NO10. The van der Waals surface area contributed by atoms with Gasteiger partial charge >= 0.3 is 5.97 Å². The maximum atomic E-state index is 13.5. The van der Waals surface area contributed by atoms with Crippen LogP contribution in [0.2, 0.25) is 0 Å². The van der Waals surface area contributed by atoms with Crippen LogP contribution >= 0.6 is 0 Å². The molecule has 8 unspecified atom stereocenters. The van der Waals surface area contributed by atoms with E-state index in [-0.39, 0.29) is 19.4 Å². The molecule has 1 fully saturated rings. The van der Waals surface area contributed by atoms with Crippen molar-refractivity contribution < 1.29 is 49.3 Å². The number of allylic oxidation sites excluding steroid dienone is 17. The van der Waals surface area contributed by atoms with Gasteiger partial charge < -0.3 is 45.1 Å². The highest BCUT2D eigenvalue weighted by atomic mass is 16.7. The van der Waals surface area contributed by atoms with Gasteiger partial charge in [0, 0.05) is 6.42 Å². The summed E-state index contributed by atoms with van der Waals surface area (Å²) in [6.45, 7) is 5.68. The van der Waals surface area contributed by atoms with E-state index < -0.39 is 67.4 Å². The van der Waals surface area contributed by atoms with Crippen molar-refractivity contribution in [3.8, 4) is 0 Å². The Kier molecular flexibility index (Phi) is 62.2. The van der Waals surface area contributed by atoms with Crippen LogP contribution in [0, 0.1) is 0 Å². The number of esters is 1. The average molecular weight is 1270 g/mol. The average Bonchev–Trinajstić information content (AvgIpc) is 1.09. The Bertz CT molecular complexity index is 1900. The van der Waals surface area contributed by atoms with E-state index in [1.54, 1.807) is 6.08 Å². The Labute approximate surface area is 558 Å². The van der Waals surface area contributed by atoms with Crippen molar-refractivity contribution in [3.05, 3.63) is 109 Å². The molecule has 1 heterocycles. The second-order valence-corrected chi connectivity index (χ2v) is 25.6. The maximum absolute atomic E-state index is 13.5. The summed E-state index contributed by atoms with van der Waals surface area (Å²) >= 11 is 0. The lowest BCUT2D eigenvalue weighted by Gasteiger charge is -2.41. The lowest BCUT2D eigenvalue weighted by molar-refractivity contribution is -0.305. The molecule has 0 aromatic carbocycles. The molecule has 0 saturated carbocycles. The monoisotopic (exact) mass is 1270 g/mol. The van der Waals surface area contributed by atoms with Gasteiger partial charge in [0.1, 0.15) is 24.4 Å². The smallest absolute Gasteiger partial charge is 0.306 e. The Morgan fingerprint density at radius 3 is 1.21 bits per heavy atom. The van der Waals surface area contributed by atoms with E-state index in [1.807, 2.05) is 6.08 Å². The first-order chi connectivity index (χ1) is 44.7. The van der Waals surface area contributed by atoms with Crippen molar-refractivity contribution in [2.75, 3.05) is 13.2 Å². The Morgan fingerprint density at radius 2 is 0.791 bits per heavy atom. The minimum atomic E-state index is -1.63. The van der Waals surface area contributed by atoms with Gasteiger partial charge in [0.15, 0.2) is 12.4 Å². The summed E-state index contributed by atoms with van der Waals surface area (Å²) < 4.78 is 17.7. The first kappa shape index (κ1) is 85.3. The van der Waals surface area contributed by atoms with E-state index in [4.69, 9.17) is 14.2 Å². The SMILES string of the molecule is CC/C=C\C/C=C\C/C=C\C/C=C\C/C=C\C/C=C\CCCCCCCCC(=O)OC1C(OCC(NC(=O)C(O)CCCCCCCCCCCCCCCC/C=C\C/C=C\CCCCC)C(O)/C=C/CCCCCCCCCCCCC)OC(CO)C(O)C1O. The highest BCUT2D eigenvalue weighted by Gasteiger charge is 2.47. The predicted molar refractivity (Wildman–Crippen MR) is 384 cm³/mol. The van der Waals surface area contributed by atoms with Crippen LogP contribution < -0.4 is 5.32 Å². The van der Waals surface area contributed by atoms with Gasteiger partial charge in [-0.25, -0.2) is 0 Å². The predicted octanol–water partition coefficient (Wildman–Crippen LogP) is 20.0. The van der Waals surface area contributed by atoms with Crippen molar-refractivity contribution in [1.29, 1.82) is 0 Å². The summed E-state index contributed by atoms with van der Waals surface area (Å²) in [5, 5.41) is 57.4. The zero-order valence-electron chi connectivity index (χ0n) is 58.4. The number of aliphatic hydroxyl groups is 5. The first-order valence-electron chi connectivity index (χ1n) is 37.7. The highest BCUT2D eigenvalue weighted by molar-refractivity contribution is 5.80. The van der Waals surface area contributed by atoms with Crippen molar-refractivity contribution in [3.63, 3.8) is 0 Å². The molecule has 1 aliphatic heterocycles. The van der Waals surface area contributed by atoms with Gasteiger partial charge in [0.2, 0.25) is 5.91 Å². The molecule has 0 aliphatic carbocycles. The zero-order valence-corrected chi connectivity index (χ0v) is 58.4. The largest absolute Gasteiger partial charge is 0.454 e. The summed E-state index contributed by atoms with van der Waals surface area (Å²) in [4.78, 5) is 26.7. The molecule has 1 aliphatic rings. The molecule has 1 saturated heterocycles. The van der Waals surface area contributed by atoms with Crippen LogP contribution in [0.5, 0.6) is 0 Å². The van der Waals surface area contributed by atoms with Gasteiger partial charge in [-0.05, 0) is 109 Å². The fraction of sp³-hybridized carbons (Fsp3) is 0.750. The summed E-state index contributed by atoms with van der Waals surface area (Å²) in [6, 6.07) is -1.03. The molecule has 0 bridgehead atoms. The second kappa shape index (κ2) is 66.3. The molecule has 11 nitrogen and oxygen atoms in total. The number of amides is 1. The normalized spacial score (nSPS) is 18.6. The number of hydrogen-bond donors (Lipinski definition) is 6. The minimum absolute atomic E-state index is 0.102. The van der Waals surface area contributed by atoms with Crippen LogP contribution in [-0.4, -0.2) is 99.6 Å². The van der Waals surface area contributed by atoms with Gasteiger partial charge in [-0.3, -0.25) is 9.59 Å². The highest BCUT2D eigenvalue weighted by Crippen LogP contribution is 2.26. The molecule has 0 aromatic rings. The second-order valence-electron chi connectivity index (χ2n) is 25.6. The lowest BCUT2D eigenvalue weighted by Crippen LogP contribution is -2.61. The van der Waals surface area contributed by atoms with Gasteiger partial charge in [-0.1, -0.05) is 316 Å². The number of hydrogen-bond acceptors (Lipinski definition) is 10. The third kappa shape index (κ3) is 53.3. The van der Waals surface area contributed by atoms with E-state index in [1.165, 1.54) is 154 Å². The molecule has 91 heavy (non-hydrogen) atoms. The first-order valence-corrected chi connectivity index (χ1v) is 37.7. The molecule has 0 spiro atoms. The van der Waals surface area contributed by atoms with Gasteiger partial charge in [0.05, 0.1) is 25.4 Å². The molecular weight excluding hydrogens is 1130 g/mol. The van der Waals surface area contributed by atoms with Crippen LogP contribution in [0.15, 0.2) is 109 Å². The Balaban J connectivity index is 2.57. The third-order valence-corrected chi connectivity index (χ3v) is 17.2. The summed E-state index contributed by atoms with van der Waals surface area (Å²) in [6.07, 6.45) is 81.2. The van der Waals surface area contributed by atoms with Crippen molar-refractivity contribution in [1.82, 2.24) is 5.32 Å². The number of ether oxygens (including phenoxy) is 3. The van der Waals surface area contributed by atoms with Crippen LogP contribution in [-0.2, 0) is 23.8 Å². The maximum Gasteiger partial charge on any atom is 0.306 e. The van der Waals surface area contributed by atoms with E-state index >= 15 is 0 Å². The number of aliphatic hydroxyl groups excluding tert-OH is 5.